The maximum atomic E-state index is 11.5. The second-order valence-electron chi connectivity index (χ2n) is 5.84. The molecule has 0 aliphatic heterocycles. The predicted molar refractivity (Wildman–Crippen MR) is 73.2 cm³/mol. The van der Waals surface area contributed by atoms with Crippen molar-refractivity contribution >= 4 is 12.1 Å². The Bertz CT molecular complexity index is 298. The molecule has 0 spiro atoms. The minimum absolute atomic E-state index is 0.405. The first-order valence-electron chi connectivity index (χ1n) is 6.49. The largest absolute Gasteiger partial charge is 0.480 e. The second kappa shape index (κ2) is 7.99. The molecule has 6 nitrogen and oxygen atoms in total. The summed E-state index contributed by atoms with van der Waals surface area (Å²) in [6.07, 6.45) is 1.35. The van der Waals surface area contributed by atoms with E-state index in [1.807, 2.05) is 19.0 Å². The van der Waals surface area contributed by atoms with Crippen LogP contribution in [0.1, 0.15) is 40.0 Å². The van der Waals surface area contributed by atoms with Gasteiger partial charge in [0.1, 0.15) is 11.6 Å². The summed E-state index contributed by atoms with van der Waals surface area (Å²) in [5, 5.41) is 11.4. The van der Waals surface area contributed by atoms with Gasteiger partial charge in [-0.2, -0.15) is 0 Å². The topological polar surface area (TPSA) is 78.9 Å². The lowest BCUT2D eigenvalue weighted by molar-refractivity contribution is -0.139. The summed E-state index contributed by atoms with van der Waals surface area (Å²) in [5.74, 6) is -1.03. The van der Waals surface area contributed by atoms with Crippen molar-refractivity contribution in [1.29, 1.82) is 0 Å². The highest BCUT2D eigenvalue weighted by atomic mass is 16.6. The van der Waals surface area contributed by atoms with E-state index < -0.39 is 23.7 Å². The van der Waals surface area contributed by atoms with E-state index in [0.717, 1.165) is 19.4 Å². The Morgan fingerprint density at radius 2 is 1.84 bits per heavy atom. The average molecular weight is 274 g/mol. The maximum absolute atomic E-state index is 11.5. The molecule has 0 bridgehead atoms. The third-order valence-corrected chi connectivity index (χ3v) is 2.34. The molecule has 0 saturated heterocycles. The number of nitrogens with one attached hydrogen (secondary N) is 1. The van der Waals surface area contributed by atoms with Gasteiger partial charge in [0.05, 0.1) is 0 Å². The molecular weight excluding hydrogens is 248 g/mol. The van der Waals surface area contributed by atoms with E-state index in [0.29, 0.717) is 6.42 Å². The van der Waals surface area contributed by atoms with Crippen LogP contribution in [0.5, 0.6) is 0 Å². The van der Waals surface area contributed by atoms with Gasteiger partial charge < -0.3 is 20.1 Å². The van der Waals surface area contributed by atoms with Gasteiger partial charge in [0.2, 0.25) is 0 Å². The first-order chi connectivity index (χ1) is 8.61. The number of amides is 1. The molecule has 6 heteroatoms. The standard InChI is InChI=1S/C13H26N2O4/c1-13(2,3)19-12(18)14-10(11(16)17)8-6-7-9-15(4)5/h10H,6-9H2,1-5H3,(H,14,18)(H,16,17)/t10-/m1/s1. The quantitative estimate of drug-likeness (QED) is 0.691. The van der Waals surface area contributed by atoms with Gasteiger partial charge in [0, 0.05) is 0 Å². The van der Waals surface area contributed by atoms with Crippen LogP contribution in [0.15, 0.2) is 0 Å². The van der Waals surface area contributed by atoms with Gasteiger partial charge in [-0.15, -0.1) is 0 Å². The molecule has 1 amide bonds. The monoisotopic (exact) mass is 274 g/mol. The fraction of sp³-hybridized carbons (Fsp3) is 0.846. The van der Waals surface area contributed by atoms with Crippen molar-refractivity contribution in [1.82, 2.24) is 10.2 Å². The Labute approximate surface area is 115 Å². The zero-order chi connectivity index (χ0) is 15.1. The van der Waals surface area contributed by atoms with Gasteiger partial charge in [-0.1, -0.05) is 0 Å². The van der Waals surface area contributed by atoms with Gasteiger partial charge in [-0.25, -0.2) is 9.59 Å². The Balaban J connectivity index is 4.12. The summed E-state index contributed by atoms with van der Waals surface area (Å²) < 4.78 is 5.04. The van der Waals surface area contributed by atoms with Gasteiger partial charge in [0.15, 0.2) is 0 Å². The van der Waals surface area contributed by atoms with Crippen LogP contribution in [0.3, 0.4) is 0 Å². The first-order valence-corrected chi connectivity index (χ1v) is 6.49. The fourth-order valence-corrected chi connectivity index (χ4v) is 1.48. The molecular formula is C13H26N2O4. The number of rotatable bonds is 7. The van der Waals surface area contributed by atoms with Crippen molar-refractivity contribution in [3.05, 3.63) is 0 Å². The van der Waals surface area contributed by atoms with E-state index >= 15 is 0 Å². The van der Waals surface area contributed by atoms with Gasteiger partial charge in [-0.3, -0.25) is 0 Å². The second-order valence-corrected chi connectivity index (χ2v) is 5.84. The molecule has 0 aromatic heterocycles. The van der Waals surface area contributed by atoms with Crippen LogP contribution in [-0.4, -0.2) is 54.4 Å². The smallest absolute Gasteiger partial charge is 0.408 e. The molecule has 0 fully saturated rings. The van der Waals surface area contributed by atoms with Crippen LogP contribution in [0.2, 0.25) is 0 Å². The number of hydrogen-bond donors (Lipinski definition) is 2. The first kappa shape index (κ1) is 17.7. The third-order valence-electron chi connectivity index (χ3n) is 2.34. The molecule has 0 aromatic rings. The number of ether oxygens (including phenoxy) is 1. The summed E-state index contributed by atoms with van der Waals surface area (Å²) in [6, 6.07) is -0.892. The number of carboxylic acids is 1. The summed E-state index contributed by atoms with van der Waals surface area (Å²) in [7, 11) is 3.93. The minimum atomic E-state index is -1.03. The molecule has 0 unspecified atom stereocenters. The molecule has 19 heavy (non-hydrogen) atoms. The Morgan fingerprint density at radius 3 is 2.26 bits per heavy atom. The highest BCUT2D eigenvalue weighted by Crippen LogP contribution is 2.08. The molecule has 112 valence electrons. The third kappa shape index (κ3) is 10.3. The molecule has 0 radical (unpaired) electrons. The van der Waals surface area contributed by atoms with Crippen molar-refractivity contribution in [3.8, 4) is 0 Å². The van der Waals surface area contributed by atoms with Crippen LogP contribution < -0.4 is 5.32 Å². The molecule has 0 heterocycles. The Morgan fingerprint density at radius 1 is 1.26 bits per heavy atom. The van der Waals surface area contributed by atoms with Crippen LogP contribution in [0.4, 0.5) is 4.79 Å². The molecule has 0 aromatic carbocycles. The van der Waals surface area contributed by atoms with Gasteiger partial charge >= 0.3 is 12.1 Å². The lowest BCUT2D eigenvalue weighted by Crippen LogP contribution is -2.43. The number of hydrogen-bond acceptors (Lipinski definition) is 4. The summed E-state index contributed by atoms with van der Waals surface area (Å²) in [6.45, 7) is 6.11. The Kier molecular flexibility index (Phi) is 7.44. The highest BCUT2D eigenvalue weighted by Gasteiger charge is 2.23. The SMILES string of the molecule is CN(C)CCCC[C@@H](NC(=O)OC(C)(C)C)C(=O)O. The molecule has 0 rings (SSSR count). The number of nitrogens with zero attached hydrogens (tertiary/aromatic N) is 1. The Hall–Kier alpha value is -1.30. The van der Waals surface area contributed by atoms with E-state index in [9.17, 15) is 9.59 Å². The molecule has 0 aliphatic carbocycles. The lowest BCUT2D eigenvalue weighted by Gasteiger charge is -2.22. The van der Waals surface area contributed by atoms with Crippen molar-refractivity contribution in [2.45, 2.75) is 51.7 Å². The number of carboxylic acid groups (broad SMARTS) is 1. The van der Waals surface area contributed by atoms with Crippen LogP contribution in [-0.2, 0) is 9.53 Å². The summed E-state index contributed by atoms with van der Waals surface area (Å²) in [5.41, 5.74) is -0.627. The van der Waals surface area contributed by atoms with E-state index in [1.165, 1.54) is 0 Å². The van der Waals surface area contributed by atoms with Crippen molar-refractivity contribution in [3.63, 3.8) is 0 Å². The zero-order valence-electron chi connectivity index (χ0n) is 12.5. The number of carbonyl (C=O) groups excluding carboxylic acids is 1. The van der Waals surface area contributed by atoms with Crippen molar-refractivity contribution < 1.29 is 19.4 Å². The zero-order valence-corrected chi connectivity index (χ0v) is 12.5. The van der Waals surface area contributed by atoms with Gasteiger partial charge in [-0.05, 0) is 60.7 Å². The van der Waals surface area contributed by atoms with Crippen LogP contribution in [0.25, 0.3) is 0 Å². The lowest BCUT2D eigenvalue weighted by atomic mass is 10.1. The minimum Gasteiger partial charge on any atom is -0.480 e. The fourth-order valence-electron chi connectivity index (χ4n) is 1.48. The number of aliphatic carboxylic acids is 1. The summed E-state index contributed by atoms with van der Waals surface area (Å²) in [4.78, 5) is 24.6. The van der Waals surface area contributed by atoms with Gasteiger partial charge in [0.25, 0.3) is 0 Å². The predicted octanol–water partition coefficient (Wildman–Crippen LogP) is 1.70. The number of alkyl carbamates (subject to hydrolysis) is 1. The van der Waals surface area contributed by atoms with E-state index in [1.54, 1.807) is 20.8 Å². The average Bonchev–Trinajstić information content (AvgIpc) is 2.19. The van der Waals surface area contributed by atoms with Crippen LogP contribution in [0, 0.1) is 0 Å². The van der Waals surface area contributed by atoms with E-state index in [4.69, 9.17) is 9.84 Å². The van der Waals surface area contributed by atoms with E-state index in [-0.39, 0.29) is 0 Å². The molecule has 2 N–H and O–H groups in total. The highest BCUT2D eigenvalue weighted by molar-refractivity contribution is 5.79. The normalized spacial score (nSPS) is 13.2. The molecule has 0 saturated carbocycles. The molecule has 1 atom stereocenters. The van der Waals surface area contributed by atoms with E-state index in [2.05, 4.69) is 5.32 Å². The van der Waals surface area contributed by atoms with Crippen molar-refractivity contribution in [2.75, 3.05) is 20.6 Å². The molecule has 0 aliphatic rings. The summed E-state index contributed by atoms with van der Waals surface area (Å²) >= 11 is 0. The van der Waals surface area contributed by atoms with Crippen molar-refractivity contribution in [2.24, 2.45) is 0 Å². The number of unbranched alkanes of at least 4 members (excludes halogenated alkanes) is 1. The maximum Gasteiger partial charge on any atom is 0.408 e. The number of carbonyl (C=O) groups is 2. The van der Waals surface area contributed by atoms with Crippen LogP contribution >= 0.6 is 0 Å².